The summed E-state index contributed by atoms with van der Waals surface area (Å²) in [5.74, 6) is 0.739. The Labute approximate surface area is 133 Å². The van der Waals surface area contributed by atoms with E-state index >= 15 is 0 Å². The van der Waals surface area contributed by atoms with E-state index in [1.807, 2.05) is 31.2 Å². The van der Waals surface area contributed by atoms with Gasteiger partial charge in [-0.3, -0.25) is 0 Å². The topological polar surface area (TPSA) is 55.6 Å². The minimum atomic E-state index is -0.270. The van der Waals surface area contributed by atoms with Crippen LogP contribution in [0.1, 0.15) is 18.2 Å². The number of rotatable bonds is 2. The quantitative estimate of drug-likeness (QED) is 0.849. The molecule has 0 N–H and O–H groups in total. The fourth-order valence-electron chi connectivity index (χ4n) is 2.65. The zero-order chi connectivity index (χ0) is 15.5. The molecule has 1 aliphatic rings. The highest BCUT2D eigenvalue weighted by Gasteiger charge is 2.25. The van der Waals surface area contributed by atoms with Crippen molar-refractivity contribution in [3.8, 4) is 11.3 Å². The van der Waals surface area contributed by atoms with Gasteiger partial charge in [-0.1, -0.05) is 28.9 Å². The number of hydrogen-bond donors (Lipinski definition) is 0. The lowest BCUT2D eigenvalue weighted by atomic mass is 10.0. The molecule has 3 rings (SSSR count). The van der Waals surface area contributed by atoms with E-state index in [4.69, 9.17) is 20.9 Å². The zero-order valence-corrected chi connectivity index (χ0v) is 13.1. The van der Waals surface area contributed by atoms with Crippen LogP contribution in [-0.2, 0) is 17.6 Å². The van der Waals surface area contributed by atoms with Gasteiger partial charge in [0, 0.05) is 35.7 Å². The molecule has 0 radical (unpaired) electrons. The van der Waals surface area contributed by atoms with E-state index in [-0.39, 0.29) is 6.09 Å². The molecule has 2 heterocycles. The highest BCUT2D eigenvalue weighted by molar-refractivity contribution is 6.30. The Hall–Kier alpha value is -2.01. The van der Waals surface area contributed by atoms with Crippen molar-refractivity contribution in [2.24, 2.45) is 0 Å². The Morgan fingerprint density at radius 3 is 3.00 bits per heavy atom. The van der Waals surface area contributed by atoms with Crippen LogP contribution >= 0.6 is 11.6 Å². The highest BCUT2D eigenvalue weighted by Crippen LogP contribution is 2.30. The summed E-state index contributed by atoms with van der Waals surface area (Å²) in [6, 6.07) is 7.51. The van der Waals surface area contributed by atoms with Gasteiger partial charge in [0.05, 0.1) is 12.3 Å². The van der Waals surface area contributed by atoms with Crippen molar-refractivity contribution in [2.45, 2.75) is 19.8 Å². The lowest BCUT2D eigenvalue weighted by molar-refractivity contribution is 0.108. The molecule has 0 atom stereocenters. The third-order valence-electron chi connectivity index (χ3n) is 3.73. The van der Waals surface area contributed by atoms with Gasteiger partial charge in [-0.05, 0) is 25.5 Å². The lowest BCUT2D eigenvalue weighted by Crippen LogP contribution is -2.33. The molecule has 2 aromatic rings. The van der Waals surface area contributed by atoms with Crippen molar-refractivity contribution >= 4 is 17.7 Å². The molecule has 6 heteroatoms. The maximum absolute atomic E-state index is 11.9. The van der Waals surface area contributed by atoms with Crippen LogP contribution in [-0.4, -0.2) is 35.8 Å². The molecule has 1 amide bonds. The summed E-state index contributed by atoms with van der Waals surface area (Å²) < 4.78 is 10.6. The van der Waals surface area contributed by atoms with Crippen LogP contribution in [0.5, 0.6) is 0 Å². The summed E-state index contributed by atoms with van der Waals surface area (Å²) in [7, 11) is 0. The maximum Gasteiger partial charge on any atom is 0.409 e. The van der Waals surface area contributed by atoms with Gasteiger partial charge in [-0.25, -0.2) is 4.79 Å². The van der Waals surface area contributed by atoms with Gasteiger partial charge < -0.3 is 14.2 Å². The molecule has 0 spiro atoms. The van der Waals surface area contributed by atoms with Crippen LogP contribution in [0.25, 0.3) is 11.3 Å². The predicted octanol–water partition coefficient (Wildman–Crippen LogP) is 3.55. The second-order valence-corrected chi connectivity index (χ2v) is 5.57. The summed E-state index contributed by atoms with van der Waals surface area (Å²) in [6.07, 6.45) is 1.09. The summed E-state index contributed by atoms with van der Waals surface area (Å²) in [5.41, 5.74) is 2.86. The molecule has 1 aliphatic heterocycles. The van der Waals surface area contributed by atoms with Crippen molar-refractivity contribution in [1.82, 2.24) is 10.1 Å². The first-order valence-electron chi connectivity index (χ1n) is 7.34. The lowest BCUT2D eigenvalue weighted by Gasteiger charge is -2.18. The third-order valence-corrected chi connectivity index (χ3v) is 3.97. The molecule has 0 saturated heterocycles. The number of fused-ring (bicyclic) bond motifs is 1. The van der Waals surface area contributed by atoms with Crippen LogP contribution < -0.4 is 0 Å². The highest BCUT2D eigenvalue weighted by atomic mass is 35.5. The average Bonchev–Trinajstić information content (AvgIpc) is 2.79. The zero-order valence-electron chi connectivity index (χ0n) is 12.3. The van der Waals surface area contributed by atoms with Crippen molar-refractivity contribution in [3.63, 3.8) is 0 Å². The Morgan fingerprint density at radius 1 is 1.41 bits per heavy atom. The van der Waals surface area contributed by atoms with E-state index in [2.05, 4.69) is 5.16 Å². The smallest absolute Gasteiger partial charge is 0.409 e. The van der Waals surface area contributed by atoms with Crippen molar-refractivity contribution in [1.29, 1.82) is 0 Å². The molecule has 5 nitrogen and oxygen atoms in total. The van der Waals surface area contributed by atoms with E-state index < -0.39 is 0 Å². The van der Waals surface area contributed by atoms with Crippen LogP contribution in [0.15, 0.2) is 28.8 Å². The van der Waals surface area contributed by atoms with E-state index in [0.717, 1.165) is 22.6 Å². The first kappa shape index (κ1) is 14.9. The van der Waals surface area contributed by atoms with Gasteiger partial charge in [0.1, 0.15) is 0 Å². The fourth-order valence-corrected chi connectivity index (χ4v) is 2.84. The molecule has 116 valence electrons. The number of carbonyl (C=O) groups is 1. The molecule has 22 heavy (non-hydrogen) atoms. The Bertz CT molecular complexity index is 684. The third kappa shape index (κ3) is 2.95. The van der Waals surface area contributed by atoms with Crippen molar-refractivity contribution in [3.05, 3.63) is 40.5 Å². The minimum Gasteiger partial charge on any atom is -0.450 e. The SMILES string of the molecule is CCOC(=O)N1CCc2noc(-c3cccc(Cl)c3)c2CC1. The second-order valence-electron chi connectivity index (χ2n) is 5.13. The number of nitrogens with zero attached hydrogens (tertiary/aromatic N) is 2. The number of ether oxygens (including phenoxy) is 1. The van der Waals surface area contributed by atoms with Crippen LogP contribution in [0.2, 0.25) is 5.02 Å². The summed E-state index contributed by atoms with van der Waals surface area (Å²) >= 11 is 6.05. The largest absolute Gasteiger partial charge is 0.450 e. The van der Waals surface area contributed by atoms with Crippen LogP contribution in [0, 0.1) is 0 Å². The number of amides is 1. The van der Waals surface area contributed by atoms with Crippen molar-refractivity contribution in [2.75, 3.05) is 19.7 Å². The van der Waals surface area contributed by atoms with E-state index in [1.54, 1.807) is 4.90 Å². The molecule has 0 saturated carbocycles. The molecule has 1 aromatic heterocycles. The maximum atomic E-state index is 11.9. The Kier molecular flexibility index (Phi) is 4.34. The minimum absolute atomic E-state index is 0.270. The Morgan fingerprint density at radius 2 is 2.23 bits per heavy atom. The van der Waals surface area contributed by atoms with Gasteiger partial charge in [0.2, 0.25) is 0 Å². The molecule has 0 fully saturated rings. The average molecular weight is 321 g/mol. The Balaban J connectivity index is 1.84. The van der Waals surface area contributed by atoms with E-state index in [0.29, 0.717) is 37.6 Å². The molecule has 0 aliphatic carbocycles. The first-order chi connectivity index (χ1) is 10.7. The van der Waals surface area contributed by atoms with E-state index in [9.17, 15) is 4.79 Å². The molecule has 0 bridgehead atoms. The van der Waals surface area contributed by atoms with Gasteiger partial charge in [0.25, 0.3) is 0 Å². The first-order valence-corrected chi connectivity index (χ1v) is 7.72. The van der Waals surface area contributed by atoms with E-state index in [1.165, 1.54) is 0 Å². The van der Waals surface area contributed by atoms with Gasteiger partial charge >= 0.3 is 6.09 Å². The molecular weight excluding hydrogens is 304 g/mol. The number of hydrogen-bond acceptors (Lipinski definition) is 4. The van der Waals surface area contributed by atoms with Crippen LogP contribution in [0.4, 0.5) is 4.79 Å². The van der Waals surface area contributed by atoms with Gasteiger partial charge in [-0.2, -0.15) is 0 Å². The molecule has 1 aromatic carbocycles. The fraction of sp³-hybridized carbons (Fsp3) is 0.375. The molecule has 0 unspecified atom stereocenters. The standard InChI is InChI=1S/C16H17ClN2O3/c1-2-21-16(20)19-8-6-13-14(7-9-19)18-22-15(13)11-4-3-5-12(17)10-11/h3-5,10H,2,6-9H2,1H3. The van der Waals surface area contributed by atoms with Gasteiger partial charge in [0.15, 0.2) is 5.76 Å². The predicted molar refractivity (Wildman–Crippen MR) is 83.0 cm³/mol. The summed E-state index contributed by atoms with van der Waals surface area (Å²) in [4.78, 5) is 13.6. The van der Waals surface area contributed by atoms with Crippen LogP contribution in [0.3, 0.4) is 0 Å². The number of carbonyl (C=O) groups excluding carboxylic acids is 1. The summed E-state index contributed by atoms with van der Waals surface area (Å²) in [5, 5.41) is 4.82. The normalized spacial score (nSPS) is 14.4. The number of aromatic nitrogens is 1. The van der Waals surface area contributed by atoms with Crippen molar-refractivity contribution < 1.29 is 14.1 Å². The second kappa shape index (κ2) is 6.40. The van der Waals surface area contributed by atoms with Gasteiger partial charge in [-0.15, -0.1) is 0 Å². The summed E-state index contributed by atoms with van der Waals surface area (Å²) in [6.45, 7) is 3.38. The monoisotopic (exact) mass is 320 g/mol. The number of benzene rings is 1. The molecular formula is C16H17ClN2O3. The number of halogens is 1.